The molecule has 0 aromatic heterocycles. The number of benzene rings is 1. The molecule has 160 valence electrons. The maximum Gasteiger partial charge on any atom is 0.158 e. The number of rotatable bonds is 10. The van der Waals surface area contributed by atoms with Crippen LogP contribution in [0.5, 0.6) is 0 Å². The van der Waals surface area contributed by atoms with Gasteiger partial charge in [-0.05, 0) is 5.56 Å². The second-order valence-electron chi connectivity index (χ2n) is 11.3. The maximum absolute atomic E-state index is 10.5. The Morgan fingerprint density at radius 3 is 1.68 bits per heavy atom. The van der Waals surface area contributed by atoms with Crippen molar-refractivity contribution >= 4 is 29.6 Å². The van der Waals surface area contributed by atoms with E-state index in [1.54, 1.807) is 6.08 Å². The summed E-state index contributed by atoms with van der Waals surface area (Å²) in [6.45, 7) is 27.0. The van der Waals surface area contributed by atoms with Gasteiger partial charge in [0.05, 0.1) is 35.0 Å². The van der Waals surface area contributed by atoms with Crippen molar-refractivity contribution in [1.82, 2.24) is 0 Å². The Bertz CT molecular complexity index is 591. The fourth-order valence-electron chi connectivity index (χ4n) is 5.79. The molecule has 0 saturated heterocycles. The Hall–Kier alpha value is -0.252. The van der Waals surface area contributed by atoms with Crippen LogP contribution in [0, 0.1) is 0 Å². The summed E-state index contributed by atoms with van der Waals surface area (Å²) >= 11 is 0. The highest BCUT2D eigenvalue weighted by molar-refractivity contribution is 7.87. The molecule has 28 heavy (non-hydrogen) atoms. The van der Waals surface area contributed by atoms with Crippen molar-refractivity contribution in [3.8, 4) is 0 Å². The molecule has 1 aromatic rings. The smallest absolute Gasteiger partial charge is 0.158 e. The van der Waals surface area contributed by atoms with Crippen LogP contribution in [-0.2, 0) is 4.43 Å². The fourth-order valence-corrected chi connectivity index (χ4v) is 99.9. The maximum atomic E-state index is 10.5. The Kier molecular flexibility index (Phi) is 8.53. The van der Waals surface area contributed by atoms with Gasteiger partial charge in [-0.25, -0.2) is 0 Å². The van der Waals surface area contributed by atoms with E-state index in [4.69, 9.17) is 4.43 Å². The minimum absolute atomic E-state index is 0.0345. The van der Waals surface area contributed by atoms with Crippen LogP contribution >= 0.6 is 0 Å². The van der Waals surface area contributed by atoms with Crippen LogP contribution < -0.4 is 0 Å². The van der Waals surface area contributed by atoms with E-state index in [9.17, 15) is 5.11 Å². The third-order valence-electron chi connectivity index (χ3n) is 6.13. The summed E-state index contributed by atoms with van der Waals surface area (Å²) in [7, 11) is -4.64. The molecule has 6 heteroatoms. The third-order valence-corrected chi connectivity index (χ3v) is 73.7. The van der Waals surface area contributed by atoms with Gasteiger partial charge in [0.2, 0.25) is 0 Å². The fraction of sp³-hybridized carbons (Fsp3) is 0.636. The Labute approximate surface area is 178 Å². The zero-order valence-electron chi connectivity index (χ0n) is 20.0. The number of hydrogen-bond donors (Lipinski definition) is 1. The lowest BCUT2D eigenvalue weighted by Gasteiger charge is -2.58. The van der Waals surface area contributed by atoms with Crippen molar-refractivity contribution in [3.05, 3.63) is 48.6 Å². The average Bonchev–Trinajstić information content (AvgIpc) is 2.54. The van der Waals surface area contributed by atoms with Gasteiger partial charge in [0.1, 0.15) is 0 Å². The predicted octanol–water partition coefficient (Wildman–Crippen LogP) is 6.31. The first-order valence-corrected chi connectivity index (χ1v) is 26.0. The first-order chi connectivity index (χ1) is 12.6. The van der Waals surface area contributed by atoms with Crippen LogP contribution in [0.3, 0.4) is 0 Å². The minimum atomic E-state index is -1.97. The lowest BCUT2D eigenvalue weighted by molar-refractivity contribution is 0.107. The van der Waals surface area contributed by atoms with E-state index in [1.807, 2.05) is 0 Å². The van der Waals surface area contributed by atoms with Gasteiger partial charge in [0.15, 0.2) is 6.87 Å². The van der Waals surface area contributed by atoms with Crippen LogP contribution in [0.1, 0.15) is 24.8 Å². The van der Waals surface area contributed by atoms with Crippen molar-refractivity contribution in [2.75, 3.05) is 0 Å². The molecule has 0 fully saturated rings. The molecule has 1 N–H and O–H groups in total. The van der Waals surface area contributed by atoms with Crippen LogP contribution in [0.2, 0.25) is 58.9 Å². The molecule has 0 spiro atoms. The molecule has 0 heterocycles. The number of hydrogen-bond acceptors (Lipinski definition) is 2. The monoisotopic (exact) mass is 452 g/mol. The van der Waals surface area contributed by atoms with E-state index in [1.165, 1.54) is 5.56 Å². The molecule has 2 nitrogen and oxygen atoms in total. The van der Waals surface area contributed by atoms with Gasteiger partial charge in [-0.1, -0.05) is 102 Å². The quantitative estimate of drug-likeness (QED) is 0.333. The van der Waals surface area contributed by atoms with Crippen LogP contribution in [-0.4, -0.2) is 47.0 Å². The highest BCUT2D eigenvalue weighted by Gasteiger charge is 2.64. The first-order valence-electron chi connectivity index (χ1n) is 10.6. The van der Waals surface area contributed by atoms with E-state index >= 15 is 0 Å². The lowest BCUT2D eigenvalue weighted by atomic mass is 9.92. The van der Waals surface area contributed by atoms with Gasteiger partial charge in [-0.15, -0.1) is 6.58 Å². The summed E-state index contributed by atoms with van der Waals surface area (Å²) in [6.07, 6.45) is 1.81. The second-order valence-corrected chi connectivity index (χ2v) is 50.8. The van der Waals surface area contributed by atoms with Gasteiger partial charge >= 0.3 is 0 Å². The van der Waals surface area contributed by atoms with Crippen LogP contribution in [0.4, 0.5) is 0 Å². The molecular formula is C22H44O2Si4. The number of aliphatic hydroxyl groups excluding tert-OH is 1. The summed E-state index contributed by atoms with van der Waals surface area (Å²) < 4.78 is 7.54. The summed E-state index contributed by atoms with van der Waals surface area (Å²) in [5.74, 6) is 0.256. The molecule has 0 aliphatic carbocycles. The topological polar surface area (TPSA) is 29.5 Å². The molecule has 0 amide bonds. The van der Waals surface area contributed by atoms with Crippen molar-refractivity contribution in [3.63, 3.8) is 0 Å². The van der Waals surface area contributed by atoms with Crippen molar-refractivity contribution in [2.24, 2.45) is 0 Å². The van der Waals surface area contributed by atoms with E-state index in [2.05, 4.69) is 103 Å². The van der Waals surface area contributed by atoms with Crippen molar-refractivity contribution in [2.45, 2.75) is 90.4 Å². The van der Waals surface area contributed by atoms with Gasteiger partial charge in [-0.2, -0.15) is 0 Å². The van der Waals surface area contributed by atoms with Crippen molar-refractivity contribution < 1.29 is 9.53 Å². The highest BCUT2D eigenvalue weighted by Crippen LogP contribution is 2.41. The van der Waals surface area contributed by atoms with Crippen LogP contribution in [0.25, 0.3) is 0 Å². The SMILES string of the molecule is C=C[C@H](O)C[C@H](O[Si]([Si](C)(C)C)([Si](C)(C)C)[Si](C)(C)C)[C@@H](C)c1ccccc1. The van der Waals surface area contributed by atoms with Gasteiger partial charge in [0.25, 0.3) is 0 Å². The van der Waals surface area contributed by atoms with Gasteiger partial charge in [-0.3, -0.25) is 0 Å². The van der Waals surface area contributed by atoms with Crippen molar-refractivity contribution in [1.29, 1.82) is 0 Å². The molecule has 0 aliphatic rings. The molecule has 0 saturated carbocycles. The largest absolute Gasteiger partial charge is 0.422 e. The second kappa shape index (κ2) is 9.27. The lowest BCUT2D eigenvalue weighted by Crippen LogP contribution is -2.85. The van der Waals surface area contributed by atoms with E-state index in [-0.39, 0.29) is 12.0 Å². The van der Waals surface area contributed by atoms with E-state index < -0.39 is 35.7 Å². The third kappa shape index (κ3) is 5.46. The summed E-state index contributed by atoms with van der Waals surface area (Å²) in [5.41, 5.74) is 1.30. The normalized spacial score (nSPS) is 17.1. The molecule has 0 aliphatic heterocycles. The molecule has 0 unspecified atom stereocenters. The van der Waals surface area contributed by atoms with E-state index in [0.29, 0.717) is 6.42 Å². The minimum Gasteiger partial charge on any atom is -0.422 e. The standard InChI is InChI=1S/C22H44O2Si4/c1-12-21(23)18-22(19(2)20-16-14-13-15-17-20)24-28(25(3,4)5,26(6,7)8)27(9,10)11/h12-17,19,21-23H,1,18H2,2-11H3/t19-,21-,22-/m0/s1. The zero-order chi connectivity index (χ0) is 22.0. The number of aliphatic hydroxyl groups is 1. The average molecular weight is 453 g/mol. The Balaban J connectivity index is 3.55. The van der Waals surface area contributed by atoms with E-state index in [0.717, 1.165) is 0 Å². The van der Waals surface area contributed by atoms with Crippen LogP contribution in [0.15, 0.2) is 43.0 Å². The molecule has 1 rings (SSSR count). The predicted molar refractivity (Wildman–Crippen MR) is 136 cm³/mol. The molecule has 3 atom stereocenters. The molecule has 1 aromatic carbocycles. The summed E-state index contributed by atoms with van der Waals surface area (Å²) in [6, 6.07) is 10.7. The summed E-state index contributed by atoms with van der Waals surface area (Å²) in [5, 5.41) is 10.5. The first kappa shape index (κ1) is 25.8. The summed E-state index contributed by atoms with van der Waals surface area (Å²) in [4.78, 5) is 0. The molecular weight excluding hydrogens is 409 g/mol. The molecule has 0 bridgehead atoms. The highest BCUT2D eigenvalue weighted by atomic mass is 29.9. The molecule has 0 radical (unpaired) electrons. The van der Waals surface area contributed by atoms with Gasteiger partial charge in [0, 0.05) is 12.3 Å². The Morgan fingerprint density at radius 2 is 1.32 bits per heavy atom. The van der Waals surface area contributed by atoms with Gasteiger partial charge < -0.3 is 9.53 Å². The zero-order valence-corrected chi connectivity index (χ0v) is 24.0. The Morgan fingerprint density at radius 1 is 0.893 bits per heavy atom.